The van der Waals surface area contributed by atoms with Gasteiger partial charge in [0.15, 0.2) is 5.78 Å². The van der Waals surface area contributed by atoms with Crippen molar-refractivity contribution in [1.29, 1.82) is 0 Å². The second-order valence-corrected chi connectivity index (χ2v) is 4.33. The van der Waals surface area contributed by atoms with Gasteiger partial charge in [-0.2, -0.15) is 0 Å². The molecule has 12 heavy (non-hydrogen) atoms. The Bertz CT molecular complexity index is 188. The van der Waals surface area contributed by atoms with E-state index in [1.165, 1.54) is 6.42 Å². The van der Waals surface area contributed by atoms with E-state index in [1.807, 2.05) is 21.0 Å². The van der Waals surface area contributed by atoms with Gasteiger partial charge in [0.25, 0.3) is 0 Å². The number of hydrogen-bond acceptors (Lipinski definition) is 2. The molecule has 1 rings (SSSR count). The Balaban J connectivity index is 2.81. The van der Waals surface area contributed by atoms with Crippen molar-refractivity contribution < 1.29 is 4.79 Å². The molecule has 1 aliphatic carbocycles. The van der Waals surface area contributed by atoms with E-state index in [0.717, 1.165) is 12.8 Å². The molecule has 0 radical (unpaired) electrons. The largest absolute Gasteiger partial charge is 0.297 e. The van der Waals surface area contributed by atoms with E-state index < -0.39 is 0 Å². The summed E-state index contributed by atoms with van der Waals surface area (Å²) < 4.78 is 0. The highest BCUT2D eigenvalue weighted by Gasteiger charge is 2.40. The van der Waals surface area contributed by atoms with Crippen molar-refractivity contribution >= 4 is 5.78 Å². The standard InChI is InChI=1S/C10H19NO/c1-8-6-5-7-10(2,9(8)12)11(3)4/h8H,5-7H2,1-4H3. The van der Waals surface area contributed by atoms with Gasteiger partial charge in [-0.15, -0.1) is 0 Å². The average Bonchev–Trinajstić information content (AvgIpc) is 2.00. The van der Waals surface area contributed by atoms with Crippen LogP contribution in [0.25, 0.3) is 0 Å². The monoisotopic (exact) mass is 169 g/mol. The topological polar surface area (TPSA) is 20.3 Å². The molecule has 1 fully saturated rings. The molecule has 0 N–H and O–H groups in total. The van der Waals surface area contributed by atoms with Gasteiger partial charge in [0.1, 0.15) is 0 Å². The van der Waals surface area contributed by atoms with Crippen LogP contribution in [0, 0.1) is 5.92 Å². The van der Waals surface area contributed by atoms with Crippen LogP contribution in [-0.2, 0) is 4.79 Å². The van der Waals surface area contributed by atoms with Crippen molar-refractivity contribution in [3.63, 3.8) is 0 Å². The lowest BCUT2D eigenvalue weighted by Gasteiger charge is -2.40. The molecule has 2 heteroatoms. The lowest BCUT2D eigenvalue weighted by Crippen LogP contribution is -2.52. The fraction of sp³-hybridized carbons (Fsp3) is 0.900. The maximum absolute atomic E-state index is 11.8. The van der Waals surface area contributed by atoms with E-state index in [-0.39, 0.29) is 11.5 Å². The van der Waals surface area contributed by atoms with Crippen molar-refractivity contribution in [3.05, 3.63) is 0 Å². The van der Waals surface area contributed by atoms with Gasteiger partial charge in [0, 0.05) is 5.92 Å². The van der Waals surface area contributed by atoms with Crippen molar-refractivity contribution in [3.8, 4) is 0 Å². The van der Waals surface area contributed by atoms with Gasteiger partial charge in [-0.25, -0.2) is 0 Å². The molecule has 0 saturated heterocycles. The molecule has 2 atom stereocenters. The van der Waals surface area contributed by atoms with E-state index in [0.29, 0.717) is 5.78 Å². The van der Waals surface area contributed by atoms with E-state index >= 15 is 0 Å². The lowest BCUT2D eigenvalue weighted by atomic mass is 9.76. The van der Waals surface area contributed by atoms with Gasteiger partial charge in [0.2, 0.25) is 0 Å². The van der Waals surface area contributed by atoms with Gasteiger partial charge in [0.05, 0.1) is 5.54 Å². The highest BCUT2D eigenvalue weighted by atomic mass is 16.1. The van der Waals surface area contributed by atoms with E-state index in [1.54, 1.807) is 0 Å². The number of likely N-dealkylation sites (N-methyl/N-ethyl adjacent to an activating group) is 1. The Morgan fingerprint density at radius 3 is 2.50 bits per heavy atom. The third-order valence-corrected chi connectivity index (χ3v) is 3.27. The number of carbonyl (C=O) groups excluding carboxylic acids is 1. The molecule has 0 aromatic rings. The number of carbonyl (C=O) groups is 1. The molecule has 1 aliphatic rings. The van der Waals surface area contributed by atoms with Crippen molar-refractivity contribution in [2.24, 2.45) is 5.92 Å². The maximum atomic E-state index is 11.8. The Morgan fingerprint density at radius 1 is 1.50 bits per heavy atom. The molecule has 1 saturated carbocycles. The molecule has 0 heterocycles. The summed E-state index contributed by atoms with van der Waals surface area (Å²) in [5.74, 6) is 0.671. The first-order chi connectivity index (χ1) is 5.48. The van der Waals surface area contributed by atoms with Crippen LogP contribution < -0.4 is 0 Å². The van der Waals surface area contributed by atoms with Crippen molar-refractivity contribution in [2.75, 3.05) is 14.1 Å². The van der Waals surface area contributed by atoms with Crippen LogP contribution in [0.5, 0.6) is 0 Å². The molecule has 0 bridgehead atoms. The van der Waals surface area contributed by atoms with E-state index in [2.05, 4.69) is 11.8 Å². The van der Waals surface area contributed by atoms with Crippen LogP contribution in [0.4, 0.5) is 0 Å². The smallest absolute Gasteiger partial charge is 0.155 e. The molecule has 2 nitrogen and oxygen atoms in total. The normalized spacial score (nSPS) is 37.4. The number of nitrogens with zero attached hydrogens (tertiary/aromatic N) is 1. The predicted molar refractivity (Wildman–Crippen MR) is 50.1 cm³/mol. The molecule has 0 aromatic carbocycles. The molecule has 0 aliphatic heterocycles. The molecule has 0 aromatic heterocycles. The quantitative estimate of drug-likeness (QED) is 0.595. The zero-order valence-electron chi connectivity index (χ0n) is 8.55. The molecule has 2 unspecified atom stereocenters. The van der Waals surface area contributed by atoms with Crippen LogP contribution in [-0.4, -0.2) is 30.3 Å². The summed E-state index contributed by atoms with van der Waals surface area (Å²) in [7, 11) is 3.99. The summed E-state index contributed by atoms with van der Waals surface area (Å²) in [4.78, 5) is 13.9. The molecular formula is C10H19NO. The first kappa shape index (κ1) is 9.72. The van der Waals surface area contributed by atoms with Crippen molar-refractivity contribution in [2.45, 2.75) is 38.6 Å². The minimum atomic E-state index is -0.197. The first-order valence-corrected chi connectivity index (χ1v) is 4.70. The second-order valence-electron chi connectivity index (χ2n) is 4.33. The van der Waals surface area contributed by atoms with Gasteiger partial charge >= 0.3 is 0 Å². The summed E-state index contributed by atoms with van der Waals surface area (Å²) in [5, 5.41) is 0. The Kier molecular flexibility index (Phi) is 2.57. The Labute approximate surface area is 74.9 Å². The van der Waals surface area contributed by atoms with Gasteiger partial charge < -0.3 is 0 Å². The molecular weight excluding hydrogens is 150 g/mol. The number of Topliss-reactive ketones (excluding diaryl/α,β-unsaturated/α-hetero) is 1. The summed E-state index contributed by atoms with van der Waals surface area (Å²) in [5.41, 5.74) is -0.197. The van der Waals surface area contributed by atoms with Crippen LogP contribution >= 0.6 is 0 Å². The highest BCUT2D eigenvalue weighted by molar-refractivity contribution is 5.90. The van der Waals surface area contributed by atoms with Crippen LogP contribution in [0.3, 0.4) is 0 Å². The number of hydrogen-bond donors (Lipinski definition) is 0. The highest BCUT2D eigenvalue weighted by Crippen LogP contribution is 2.31. The lowest BCUT2D eigenvalue weighted by molar-refractivity contribution is -0.135. The number of rotatable bonds is 1. The molecule has 70 valence electrons. The summed E-state index contributed by atoms with van der Waals surface area (Å²) in [6, 6.07) is 0. The minimum Gasteiger partial charge on any atom is -0.297 e. The molecule has 0 spiro atoms. The van der Waals surface area contributed by atoms with Gasteiger partial charge in [-0.1, -0.05) is 13.3 Å². The summed E-state index contributed by atoms with van der Waals surface area (Å²) in [6.07, 6.45) is 3.27. The zero-order chi connectivity index (χ0) is 9.35. The second kappa shape index (κ2) is 3.17. The van der Waals surface area contributed by atoms with E-state index in [4.69, 9.17) is 0 Å². The van der Waals surface area contributed by atoms with Crippen LogP contribution in [0.2, 0.25) is 0 Å². The third kappa shape index (κ3) is 1.40. The predicted octanol–water partition coefficient (Wildman–Crippen LogP) is 1.70. The fourth-order valence-corrected chi connectivity index (χ4v) is 1.98. The van der Waals surface area contributed by atoms with Crippen molar-refractivity contribution in [1.82, 2.24) is 4.90 Å². The zero-order valence-corrected chi connectivity index (χ0v) is 8.55. The summed E-state index contributed by atoms with van der Waals surface area (Å²) >= 11 is 0. The fourth-order valence-electron chi connectivity index (χ4n) is 1.98. The Hall–Kier alpha value is -0.370. The third-order valence-electron chi connectivity index (χ3n) is 3.27. The summed E-state index contributed by atoms with van der Waals surface area (Å²) in [6.45, 7) is 4.11. The Morgan fingerprint density at radius 2 is 2.08 bits per heavy atom. The molecule has 0 amide bonds. The number of ketones is 1. The SMILES string of the molecule is CC1CCCC(C)(N(C)C)C1=O. The van der Waals surface area contributed by atoms with E-state index in [9.17, 15) is 4.79 Å². The average molecular weight is 169 g/mol. The van der Waals surface area contributed by atoms with Gasteiger partial charge in [-0.05, 0) is 33.9 Å². The van der Waals surface area contributed by atoms with Crippen LogP contribution in [0.15, 0.2) is 0 Å². The van der Waals surface area contributed by atoms with Crippen LogP contribution in [0.1, 0.15) is 33.1 Å². The first-order valence-electron chi connectivity index (χ1n) is 4.70. The maximum Gasteiger partial charge on any atom is 0.155 e. The minimum absolute atomic E-state index is 0.197. The van der Waals surface area contributed by atoms with Gasteiger partial charge in [-0.3, -0.25) is 9.69 Å².